The molecule has 162 valence electrons. The van der Waals surface area contributed by atoms with Crippen LogP contribution < -0.4 is 10.8 Å². The van der Waals surface area contributed by atoms with Gasteiger partial charge in [0.25, 0.3) is 0 Å². The molecule has 0 heterocycles. The summed E-state index contributed by atoms with van der Waals surface area (Å²) in [5.74, 6) is -0.284. The fraction of sp³-hybridized carbons (Fsp3) is 0.333. The van der Waals surface area contributed by atoms with E-state index in [1.165, 1.54) is 26.3 Å². The first-order valence-electron chi connectivity index (χ1n) is 9.11. The van der Waals surface area contributed by atoms with Crippen molar-refractivity contribution in [2.75, 3.05) is 14.2 Å². The Labute approximate surface area is 173 Å². The predicted molar refractivity (Wildman–Crippen MR) is 107 cm³/mol. The molecule has 30 heavy (non-hydrogen) atoms. The lowest BCUT2D eigenvalue weighted by Gasteiger charge is -2.20. The molecule has 1 amide bonds. The summed E-state index contributed by atoms with van der Waals surface area (Å²) in [7, 11) is 2.94. The third-order valence-electron chi connectivity index (χ3n) is 4.54. The number of nitrogens with one attached hydrogen (secondary N) is 2. The quantitative estimate of drug-likeness (QED) is 0.499. The van der Waals surface area contributed by atoms with Crippen LogP contribution in [0.4, 0.5) is 13.2 Å². The zero-order chi connectivity index (χ0) is 22.3. The van der Waals surface area contributed by atoms with Gasteiger partial charge in [0.05, 0.1) is 18.4 Å². The Morgan fingerprint density at radius 1 is 1.17 bits per heavy atom. The molecule has 1 unspecified atom stereocenters. The van der Waals surface area contributed by atoms with Crippen LogP contribution in [-0.4, -0.2) is 25.8 Å². The van der Waals surface area contributed by atoms with Crippen LogP contribution in [0.15, 0.2) is 47.6 Å². The standard InChI is InChI=1S/C21H24F3N3O3/c1-13-6-5-7-17(19(27-29-4)20(28)25-3)18(13)12-30-26-14(2)15-8-10-16(11-9-15)21(22,23)24/h5-11,19,27H,12H2,1-4H3,(H,25,28)/b26-14+. The summed E-state index contributed by atoms with van der Waals surface area (Å²) in [6, 6.07) is 9.40. The molecule has 0 aliphatic heterocycles. The molecule has 0 aliphatic rings. The first-order valence-corrected chi connectivity index (χ1v) is 9.11. The molecule has 2 N–H and O–H groups in total. The molecule has 2 rings (SSSR count). The fourth-order valence-corrected chi connectivity index (χ4v) is 2.86. The Bertz CT molecular complexity index is 897. The molecule has 9 heteroatoms. The van der Waals surface area contributed by atoms with E-state index in [4.69, 9.17) is 9.68 Å². The minimum absolute atomic E-state index is 0.0683. The zero-order valence-electron chi connectivity index (χ0n) is 17.1. The molecule has 0 spiro atoms. The van der Waals surface area contributed by atoms with Crippen molar-refractivity contribution in [3.8, 4) is 0 Å². The largest absolute Gasteiger partial charge is 0.416 e. The van der Waals surface area contributed by atoms with E-state index in [1.54, 1.807) is 13.0 Å². The molecule has 0 saturated heterocycles. The van der Waals surface area contributed by atoms with Crippen molar-refractivity contribution in [1.82, 2.24) is 10.8 Å². The van der Waals surface area contributed by atoms with Gasteiger partial charge in [-0.2, -0.15) is 18.7 Å². The summed E-state index contributed by atoms with van der Waals surface area (Å²) in [6.45, 7) is 3.59. The lowest BCUT2D eigenvalue weighted by molar-refractivity contribution is -0.137. The number of hydroxylamine groups is 1. The van der Waals surface area contributed by atoms with E-state index in [0.29, 0.717) is 16.8 Å². The monoisotopic (exact) mass is 423 g/mol. The van der Waals surface area contributed by atoms with Crippen LogP contribution in [0.1, 0.15) is 40.8 Å². The van der Waals surface area contributed by atoms with Gasteiger partial charge in [0, 0.05) is 12.6 Å². The highest BCUT2D eigenvalue weighted by Gasteiger charge is 2.30. The van der Waals surface area contributed by atoms with Gasteiger partial charge in [-0.15, -0.1) is 0 Å². The maximum absolute atomic E-state index is 12.7. The van der Waals surface area contributed by atoms with Crippen LogP contribution in [0.3, 0.4) is 0 Å². The first-order chi connectivity index (χ1) is 14.2. The molecule has 2 aromatic rings. The van der Waals surface area contributed by atoms with Gasteiger partial charge in [-0.25, -0.2) is 0 Å². The van der Waals surface area contributed by atoms with E-state index in [9.17, 15) is 18.0 Å². The second-order valence-corrected chi connectivity index (χ2v) is 6.54. The number of rotatable bonds is 8. The molecule has 2 aromatic carbocycles. The molecule has 0 fully saturated rings. The second-order valence-electron chi connectivity index (χ2n) is 6.54. The van der Waals surface area contributed by atoms with Gasteiger partial charge in [0.1, 0.15) is 12.6 Å². The number of alkyl halides is 3. The average Bonchev–Trinajstić information content (AvgIpc) is 2.72. The number of oxime groups is 1. The molecule has 1 atom stereocenters. The van der Waals surface area contributed by atoms with Crippen molar-refractivity contribution in [2.24, 2.45) is 5.16 Å². The van der Waals surface area contributed by atoms with Crippen LogP contribution in [-0.2, 0) is 27.3 Å². The van der Waals surface area contributed by atoms with Crippen molar-refractivity contribution >= 4 is 11.6 Å². The number of carbonyl (C=O) groups excluding carboxylic acids is 1. The summed E-state index contributed by atoms with van der Waals surface area (Å²) in [5, 5.41) is 6.59. The summed E-state index contributed by atoms with van der Waals surface area (Å²) < 4.78 is 38.1. The van der Waals surface area contributed by atoms with Crippen LogP contribution in [0.2, 0.25) is 0 Å². The summed E-state index contributed by atoms with van der Waals surface area (Å²) in [4.78, 5) is 22.6. The van der Waals surface area contributed by atoms with E-state index in [-0.39, 0.29) is 12.5 Å². The first kappa shape index (κ1) is 23.4. The number of likely N-dealkylation sites (N-methyl/N-ethyl adjacent to an activating group) is 1. The Hall–Kier alpha value is -2.91. The molecule has 0 aliphatic carbocycles. The molecule has 0 aromatic heterocycles. The van der Waals surface area contributed by atoms with E-state index < -0.39 is 17.8 Å². The van der Waals surface area contributed by atoms with Crippen molar-refractivity contribution in [1.29, 1.82) is 0 Å². The topological polar surface area (TPSA) is 72.0 Å². The summed E-state index contributed by atoms with van der Waals surface area (Å²) >= 11 is 0. The number of halogens is 3. The number of amides is 1. The van der Waals surface area contributed by atoms with Crippen molar-refractivity contribution in [2.45, 2.75) is 32.7 Å². The third-order valence-corrected chi connectivity index (χ3v) is 4.54. The molecule has 0 radical (unpaired) electrons. The number of hydrogen-bond donors (Lipinski definition) is 2. The molecular formula is C21H24F3N3O3. The highest BCUT2D eigenvalue weighted by Crippen LogP contribution is 2.29. The van der Waals surface area contributed by atoms with Crippen molar-refractivity contribution in [3.63, 3.8) is 0 Å². The Kier molecular flexibility index (Phi) is 7.96. The van der Waals surface area contributed by atoms with E-state index >= 15 is 0 Å². The van der Waals surface area contributed by atoms with Gasteiger partial charge >= 0.3 is 6.18 Å². The number of aryl methyl sites for hydroxylation is 1. The van der Waals surface area contributed by atoms with Gasteiger partial charge in [-0.3, -0.25) is 4.79 Å². The van der Waals surface area contributed by atoms with Crippen molar-refractivity contribution < 1.29 is 27.6 Å². The molecular weight excluding hydrogens is 399 g/mol. The van der Waals surface area contributed by atoms with Gasteiger partial charge in [0.2, 0.25) is 5.91 Å². The second kappa shape index (κ2) is 10.2. The van der Waals surface area contributed by atoms with Crippen LogP contribution in [0.5, 0.6) is 0 Å². The molecule has 0 bridgehead atoms. The molecule has 6 nitrogen and oxygen atoms in total. The van der Waals surface area contributed by atoms with Gasteiger partial charge < -0.3 is 15.0 Å². The third kappa shape index (κ3) is 5.80. The fourth-order valence-electron chi connectivity index (χ4n) is 2.86. The Morgan fingerprint density at radius 3 is 2.40 bits per heavy atom. The Morgan fingerprint density at radius 2 is 1.83 bits per heavy atom. The number of nitrogens with zero attached hydrogens (tertiary/aromatic N) is 1. The lowest BCUT2D eigenvalue weighted by Crippen LogP contribution is -2.36. The van der Waals surface area contributed by atoms with E-state index in [0.717, 1.165) is 23.3 Å². The number of benzene rings is 2. The van der Waals surface area contributed by atoms with Gasteiger partial charge in [0.15, 0.2) is 0 Å². The SMILES string of the molecule is CNC(=O)C(NOC)c1cccc(C)c1CO/N=C(\C)c1ccc(C(F)(F)F)cc1. The van der Waals surface area contributed by atoms with Crippen LogP contribution in [0.25, 0.3) is 0 Å². The lowest BCUT2D eigenvalue weighted by atomic mass is 9.96. The highest BCUT2D eigenvalue weighted by molar-refractivity contribution is 5.98. The average molecular weight is 423 g/mol. The summed E-state index contributed by atoms with van der Waals surface area (Å²) in [5.41, 5.74) is 5.18. The van der Waals surface area contributed by atoms with Crippen molar-refractivity contribution in [3.05, 3.63) is 70.3 Å². The summed E-state index contributed by atoms with van der Waals surface area (Å²) in [6.07, 6.45) is -4.39. The highest BCUT2D eigenvalue weighted by atomic mass is 19.4. The van der Waals surface area contributed by atoms with E-state index in [1.807, 2.05) is 19.1 Å². The molecule has 0 saturated carbocycles. The van der Waals surface area contributed by atoms with E-state index in [2.05, 4.69) is 16.0 Å². The normalized spacial score (nSPS) is 13.1. The minimum atomic E-state index is -4.39. The van der Waals surface area contributed by atoms with Crippen LogP contribution >= 0.6 is 0 Å². The Balaban J connectivity index is 2.20. The number of carbonyl (C=O) groups is 1. The zero-order valence-corrected chi connectivity index (χ0v) is 17.1. The maximum atomic E-state index is 12.7. The predicted octanol–water partition coefficient (Wildman–Crippen LogP) is 3.89. The smallest absolute Gasteiger partial charge is 0.391 e. The maximum Gasteiger partial charge on any atom is 0.416 e. The van der Waals surface area contributed by atoms with Crippen LogP contribution in [0, 0.1) is 6.92 Å². The van der Waals surface area contributed by atoms with Gasteiger partial charge in [-0.05, 0) is 42.7 Å². The minimum Gasteiger partial charge on any atom is -0.391 e. The van der Waals surface area contributed by atoms with Gasteiger partial charge in [-0.1, -0.05) is 35.5 Å². The number of hydrogen-bond acceptors (Lipinski definition) is 5.